The number of nitrogens with two attached hydrogens (primary N) is 1. The molecule has 1 aliphatic rings. The summed E-state index contributed by atoms with van der Waals surface area (Å²) in [6.07, 6.45) is 6.19. The maximum Gasteiger partial charge on any atom is 0.243 e. The highest BCUT2D eigenvalue weighted by molar-refractivity contribution is 8.00. The Morgan fingerprint density at radius 3 is 2.62 bits per heavy atom. The van der Waals surface area contributed by atoms with Crippen molar-refractivity contribution in [1.82, 2.24) is 4.72 Å². The van der Waals surface area contributed by atoms with Gasteiger partial charge in [-0.25, -0.2) is 17.5 Å². The highest BCUT2D eigenvalue weighted by Gasteiger charge is 2.34. The first kappa shape index (κ1) is 16.7. The second kappa shape index (κ2) is 6.64. The number of benzene rings is 1. The number of thioether (sulfide) groups is 1. The molecule has 4 nitrogen and oxygen atoms in total. The van der Waals surface area contributed by atoms with Crippen molar-refractivity contribution in [3.8, 4) is 0 Å². The summed E-state index contributed by atoms with van der Waals surface area (Å²) in [5.74, 6) is -0.746. The van der Waals surface area contributed by atoms with Crippen LogP contribution in [0.5, 0.6) is 0 Å². The Labute approximate surface area is 129 Å². The fourth-order valence-electron chi connectivity index (χ4n) is 2.66. The van der Waals surface area contributed by atoms with E-state index in [1.54, 1.807) is 11.8 Å². The maximum atomic E-state index is 13.8. The number of nitrogens with one attached hydrogen (secondary N) is 1. The van der Waals surface area contributed by atoms with Crippen LogP contribution in [0.25, 0.3) is 0 Å². The molecule has 1 saturated carbocycles. The Hall–Kier alpha value is -0.630. The van der Waals surface area contributed by atoms with Crippen LogP contribution in [-0.2, 0) is 16.6 Å². The zero-order chi connectivity index (χ0) is 15.5. The van der Waals surface area contributed by atoms with Crippen molar-refractivity contribution in [2.45, 2.75) is 41.9 Å². The lowest BCUT2D eigenvalue weighted by atomic mass is 10.1. The Morgan fingerprint density at radius 2 is 2.05 bits per heavy atom. The van der Waals surface area contributed by atoms with E-state index in [9.17, 15) is 12.8 Å². The summed E-state index contributed by atoms with van der Waals surface area (Å²) in [4.78, 5) is -0.320. The van der Waals surface area contributed by atoms with Crippen molar-refractivity contribution in [3.63, 3.8) is 0 Å². The monoisotopic (exact) mass is 332 g/mol. The summed E-state index contributed by atoms with van der Waals surface area (Å²) >= 11 is 1.69. The Kier molecular flexibility index (Phi) is 5.29. The van der Waals surface area contributed by atoms with Crippen molar-refractivity contribution in [2.24, 2.45) is 5.73 Å². The standard InChI is InChI=1S/C14H21FN2O2S2/c1-20-14(6-2-3-7-14)10-17-21(18,19)13-8-11(9-16)4-5-12(13)15/h4-5,8,17H,2-3,6-7,9-10,16H2,1H3. The third kappa shape index (κ3) is 3.77. The van der Waals surface area contributed by atoms with Crippen LogP contribution < -0.4 is 10.5 Å². The van der Waals surface area contributed by atoms with Gasteiger partial charge < -0.3 is 5.73 Å². The van der Waals surface area contributed by atoms with Gasteiger partial charge in [0.05, 0.1) is 0 Å². The summed E-state index contributed by atoms with van der Waals surface area (Å²) in [7, 11) is -3.85. The molecule has 1 aromatic rings. The third-order valence-corrected chi connectivity index (χ3v) is 6.89. The summed E-state index contributed by atoms with van der Waals surface area (Å²) in [6.45, 7) is 0.514. The molecule has 0 unspecified atom stereocenters. The molecule has 0 aromatic heterocycles. The van der Waals surface area contributed by atoms with Gasteiger partial charge in [0.15, 0.2) is 0 Å². The van der Waals surface area contributed by atoms with E-state index in [2.05, 4.69) is 4.72 Å². The number of hydrogen-bond donors (Lipinski definition) is 2. The van der Waals surface area contributed by atoms with Crippen LogP contribution in [0.2, 0.25) is 0 Å². The molecule has 7 heteroatoms. The molecule has 0 radical (unpaired) electrons. The second-order valence-electron chi connectivity index (χ2n) is 5.39. The lowest BCUT2D eigenvalue weighted by molar-refractivity contribution is 0.537. The van der Waals surface area contributed by atoms with Crippen molar-refractivity contribution in [2.75, 3.05) is 12.8 Å². The van der Waals surface area contributed by atoms with Crippen LogP contribution in [0.4, 0.5) is 4.39 Å². The number of sulfonamides is 1. The average Bonchev–Trinajstić information content (AvgIpc) is 2.95. The second-order valence-corrected chi connectivity index (χ2v) is 8.40. The van der Waals surface area contributed by atoms with Gasteiger partial charge in [0.25, 0.3) is 0 Å². The van der Waals surface area contributed by atoms with Crippen molar-refractivity contribution in [3.05, 3.63) is 29.6 Å². The summed E-state index contributed by atoms with van der Waals surface area (Å²) < 4.78 is 41.0. The van der Waals surface area contributed by atoms with Crippen LogP contribution in [0.1, 0.15) is 31.2 Å². The van der Waals surface area contributed by atoms with Gasteiger partial charge >= 0.3 is 0 Å². The van der Waals surface area contributed by atoms with Crippen molar-refractivity contribution >= 4 is 21.8 Å². The van der Waals surface area contributed by atoms with E-state index in [0.29, 0.717) is 12.1 Å². The van der Waals surface area contributed by atoms with Gasteiger partial charge in [0.2, 0.25) is 10.0 Å². The molecule has 2 rings (SSSR count). The van der Waals surface area contributed by atoms with E-state index in [4.69, 9.17) is 5.73 Å². The number of hydrogen-bond acceptors (Lipinski definition) is 4. The van der Waals surface area contributed by atoms with Crippen LogP contribution in [0.15, 0.2) is 23.1 Å². The molecular weight excluding hydrogens is 311 g/mol. The van der Waals surface area contributed by atoms with Crippen LogP contribution in [-0.4, -0.2) is 26.0 Å². The average molecular weight is 332 g/mol. The molecule has 0 bridgehead atoms. The maximum absolute atomic E-state index is 13.8. The van der Waals surface area contributed by atoms with E-state index < -0.39 is 15.8 Å². The normalized spacial score (nSPS) is 18.0. The molecule has 0 aliphatic heterocycles. The zero-order valence-corrected chi connectivity index (χ0v) is 13.7. The quantitative estimate of drug-likeness (QED) is 0.838. The fourth-order valence-corrected chi connectivity index (χ4v) is 4.92. The Bertz CT molecular complexity index is 599. The Morgan fingerprint density at radius 1 is 1.38 bits per heavy atom. The van der Waals surface area contributed by atoms with Gasteiger partial charge in [-0.1, -0.05) is 18.9 Å². The van der Waals surface area contributed by atoms with Crippen LogP contribution >= 0.6 is 11.8 Å². The molecule has 0 heterocycles. The smallest absolute Gasteiger partial charge is 0.243 e. The molecule has 118 valence electrons. The van der Waals surface area contributed by atoms with Gasteiger partial charge in [-0.05, 0) is 36.8 Å². The van der Waals surface area contributed by atoms with Crippen LogP contribution in [0, 0.1) is 5.82 Å². The largest absolute Gasteiger partial charge is 0.326 e. The SMILES string of the molecule is CSC1(CNS(=O)(=O)c2cc(CN)ccc2F)CCCC1. The molecule has 1 aromatic carbocycles. The molecule has 0 atom stereocenters. The molecule has 21 heavy (non-hydrogen) atoms. The van der Waals surface area contributed by atoms with E-state index in [-0.39, 0.29) is 16.2 Å². The molecule has 0 saturated heterocycles. The molecule has 3 N–H and O–H groups in total. The highest BCUT2D eigenvalue weighted by Crippen LogP contribution is 2.39. The molecular formula is C14H21FN2O2S2. The topological polar surface area (TPSA) is 72.2 Å². The van der Waals surface area contributed by atoms with Crippen molar-refractivity contribution < 1.29 is 12.8 Å². The molecule has 1 aliphatic carbocycles. The summed E-state index contributed by atoms with van der Waals surface area (Å²) in [5, 5.41) is 0. The van der Waals surface area contributed by atoms with E-state index in [1.165, 1.54) is 12.1 Å². The lowest BCUT2D eigenvalue weighted by Crippen LogP contribution is -2.38. The minimum absolute atomic E-state index is 0.0605. The van der Waals surface area contributed by atoms with E-state index >= 15 is 0 Å². The Balaban J connectivity index is 2.18. The van der Waals surface area contributed by atoms with Gasteiger partial charge in [-0.2, -0.15) is 11.8 Å². The predicted octanol–water partition coefficient (Wildman–Crippen LogP) is 2.24. The number of rotatable bonds is 6. The van der Waals surface area contributed by atoms with Crippen LogP contribution in [0.3, 0.4) is 0 Å². The first-order chi connectivity index (χ1) is 9.92. The number of halogens is 1. The minimum atomic E-state index is -3.85. The molecule has 1 fully saturated rings. The zero-order valence-electron chi connectivity index (χ0n) is 12.1. The van der Waals surface area contributed by atoms with Gasteiger partial charge in [-0.15, -0.1) is 0 Å². The highest BCUT2D eigenvalue weighted by atomic mass is 32.2. The first-order valence-corrected chi connectivity index (χ1v) is 9.66. The van der Waals surface area contributed by atoms with Gasteiger partial charge in [-0.3, -0.25) is 0 Å². The van der Waals surface area contributed by atoms with Gasteiger partial charge in [0, 0.05) is 17.8 Å². The van der Waals surface area contributed by atoms with Crippen molar-refractivity contribution in [1.29, 1.82) is 0 Å². The van der Waals surface area contributed by atoms with E-state index in [0.717, 1.165) is 31.7 Å². The summed E-state index contributed by atoms with van der Waals surface area (Å²) in [6, 6.07) is 3.95. The predicted molar refractivity (Wildman–Crippen MR) is 84.2 cm³/mol. The third-order valence-electron chi connectivity index (χ3n) is 4.05. The molecule has 0 amide bonds. The van der Waals surface area contributed by atoms with E-state index in [1.807, 2.05) is 6.26 Å². The summed E-state index contributed by atoms with van der Waals surface area (Å²) in [5.41, 5.74) is 6.08. The molecule has 0 spiro atoms. The minimum Gasteiger partial charge on any atom is -0.326 e. The first-order valence-electron chi connectivity index (χ1n) is 6.96. The fraction of sp³-hybridized carbons (Fsp3) is 0.571. The van der Waals surface area contributed by atoms with Gasteiger partial charge in [0.1, 0.15) is 10.7 Å². The lowest BCUT2D eigenvalue weighted by Gasteiger charge is -2.26.